The average molecular weight is 617 g/mol. The van der Waals surface area contributed by atoms with Gasteiger partial charge in [0.2, 0.25) is 29.5 Å². The lowest BCUT2D eigenvalue weighted by atomic mass is 9.89. The molecule has 5 amide bonds. The molecule has 0 bridgehead atoms. The van der Waals surface area contributed by atoms with Gasteiger partial charge in [0.15, 0.2) is 0 Å². The second kappa shape index (κ2) is 18.7. The number of nitrogens with one attached hydrogen (secondary N) is 3. The lowest BCUT2D eigenvalue weighted by Gasteiger charge is -2.24. The molecule has 1 saturated heterocycles. The maximum atomic E-state index is 13.0. The summed E-state index contributed by atoms with van der Waals surface area (Å²) < 4.78 is 0. The van der Waals surface area contributed by atoms with Gasteiger partial charge in [-0.1, -0.05) is 84.8 Å². The first-order valence-corrected chi connectivity index (χ1v) is 17.2. The first-order valence-electron chi connectivity index (χ1n) is 15.9. The predicted molar refractivity (Wildman–Crippen MR) is 174 cm³/mol. The molecule has 0 aliphatic carbocycles. The summed E-state index contributed by atoms with van der Waals surface area (Å²) in [5.74, 6) is -1.41. The first-order chi connectivity index (χ1) is 20.5. The zero-order valence-corrected chi connectivity index (χ0v) is 27.7. The van der Waals surface area contributed by atoms with Crippen LogP contribution in [0.4, 0.5) is 5.69 Å². The van der Waals surface area contributed by atoms with E-state index in [-0.39, 0.29) is 43.0 Å². The Morgan fingerprint density at radius 3 is 2.16 bits per heavy atom. The van der Waals surface area contributed by atoms with Crippen molar-refractivity contribution in [2.75, 3.05) is 18.1 Å². The van der Waals surface area contributed by atoms with Gasteiger partial charge < -0.3 is 16.0 Å². The highest BCUT2D eigenvalue weighted by atomic mass is 32.2. The van der Waals surface area contributed by atoms with Crippen molar-refractivity contribution in [1.29, 1.82) is 0 Å². The summed E-state index contributed by atoms with van der Waals surface area (Å²) >= 11 is 1.32. The molecule has 0 aromatic heterocycles. The maximum Gasteiger partial charge on any atom is 0.246 e. The van der Waals surface area contributed by atoms with Gasteiger partial charge in [0.25, 0.3) is 0 Å². The number of carbonyl (C=O) groups is 5. The highest BCUT2D eigenvalue weighted by Gasteiger charge is 2.38. The van der Waals surface area contributed by atoms with Crippen LogP contribution in [-0.4, -0.2) is 64.6 Å². The number of benzene rings is 1. The Hall–Kier alpha value is -2.88. The fraction of sp³-hybridized carbons (Fsp3) is 0.667. The van der Waals surface area contributed by atoms with E-state index in [0.717, 1.165) is 11.3 Å². The van der Waals surface area contributed by atoms with Gasteiger partial charge in [-0.3, -0.25) is 28.9 Å². The molecule has 1 heterocycles. The minimum absolute atomic E-state index is 0.0250. The van der Waals surface area contributed by atoms with Crippen LogP contribution in [0.25, 0.3) is 0 Å². The monoisotopic (exact) mass is 616 g/mol. The smallest absolute Gasteiger partial charge is 0.246 e. The van der Waals surface area contributed by atoms with E-state index in [1.54, 1.807) is 27.0 Å². The van der Waals surface area contributed by atoms with E-state index in [1.807, 2.05) is 12.1 Å². The zero-order chi connectivity index (χ0) is 31.9. The minimum Gasteiger partial charge on any atom is -0.344 e. The van der Waals surface area contributed by atoms with Gasteiger partial charge in [0.1, 0.15) is 12.1 Å². The van der Waals surface area contributed by atoms with E-state index in [9.17, 15) is 24.0 Å². The number of anilines is 1. The number of likely N-dealkylation sites (tertiary alicyclic amines) is 1. The SMILES string of the molecule is CCCCCC(CCCC)Cc1ccc(NC(=O)[C@H](C)NC(=O)C(NC(=O)CCN2C(=O)CC(SC)C2=O)C(C)C)cc1. The van der Waals surface area contributed by atoms with Gasteiger partial charge >= 0.3 is 0 Å². The highest BCUT2D eigenvalue weighted by molar-refractivity contribution is 8.00. The van der Waals surface area contributed by atoms with E-state index in [1.165, 1.54) is 62.3 Å². The van der Waals surface area contributed by atoms with Crippen molar-refractivity contribution in [1.82, 2.24) is 15.5 Å². The Balaban J connectivity index is 1.87. The number of nitrogens with zero attached hydrogens (tertiary/aromatic N) is 1. The summed E-state index contributed by atoms with van der Waals surface area (Å²) in [4.78, 5) is 64.1. The molecule has 10 heteroatoms. The van der Waals surface area contributed by atoms with Crippen molar-refractivity contribution in [3.05, 3.63) is 29.8 Å². The van der Waals surface area contributed by atoms with E-state index in [0.29, 0.717) is 11.6 Å². The molecule has 1 aromatic carbocycles. The molecule has 240 valence electrons. The Bertz CT molecular complexity index is 1080. The standard InChI is InChI=1S/C33H52N4O5S/c1-7-9-11-13-24(12-10-8-2)20-25-14-16-26(17-15-25)35-31(40)23(5)34-32(41)30(22(3)4)36-28(38)18-19-37-29(39)21-27(43-6)33(37)42/h14-17,22-24,27,30H,7-13,18-21H2,1-6H3,(H,34,41)(H,35,40)(H,36,38)/t23-,24?,27?,30?/m0/s1. The molecule has 0 spiro atoms. The van der Waals surface area contributed by atoms with Crippen LogP contribution in [0.2, 0.25) is 0 Å². The molecular formula is C33H52N4O5S. The van der Waals surface area contributed by atoms with Crippen LogP contribution in [0.15, 0.2) is 24.3 Å². The van der Waals surface area contributed by atoms with E-state index in [2.05, 4.69) is 41.9 Å². The molecule has 9 nitrogen and oxygen atoms in total. The third-order valence-electron chi connectivity index (χ3n) is 7.99. The third-order valence-corrected chi connectivity index (χ3v) is 8.93. The molecule has 3 N–H and O–H groups in total. The molecule has 1 aliphatic heterocycles. The van der Waals surface area contributed by atoms with Gasteiger partial charge in [-0.15, -0.1) is 0 Å². The van der Waals surface area contributed by atoms with Crippen molar-refractivity contribution >= 4 is 47.0 Å². The van der Waals surface area contributed by atoms with Crippen LogP contribution < -0.4 is 16.0 Å². The largest absolute Gasteiger partial charge is 0.344 e. The quantitative estimate of drug-likeness (QED) is 0.147. The van der Waals surface area contributed by atoms with Gasteiger partial charge in [-0.05, 0) is 49.1 Å². The molecule has 4 atom stereocenters. The number of rotatable bonds is 19. The molecule has 0 radical (unpaired) electrons. The third kappa shape index (κ3) is 12.0. The van der Waals surface area contributed by atoms with Crippen molar-refractivity contribution in [3.8, 4) is 0 Å². The minimum atomic E-state index is -0.871. The highest BCUT2D eigenvalue weighted by Crippen LogP contribution is 2.24. The molecule has 1 fully saturated rings. The fourth-order valence-corrected chi connectivity index (χ4v) is 5.90. The molecule has 3 unspecified atom stereocenters. The van der Waals surface area contributed by atoms with Gasteiger partial charge in [-0.25, -0.2) is 0 Å². The summed E-state index contributed by atoms with van der Waals surface area (Å²) in [6.07, 6.45) is 11.6. The van der Waals surface area contributed by atoms with Gasteiger partial charge in [0, 0.05) is 25.1 Å². The van der Waals surface area contributed by atoms with Crippen LogP contribution in [0.5, 0.6) is 0 Å². The summed E-state index contributed by atoms with van der Waals surface area (Å²) in [7, 11) is 0. The topological polar surface area (TPSA) is 125 Å². The molecule has 0 saturated carbocycles. The molecule has 2 rings (SSSR count). The first kappa shape index (κ1) is 36.3. The summed E-state index contributed by atoms with van der Waals surface area (Å²) in [5.41, 5.74) is 1.92. The summed E-state index contributed by atoms with van der Waals surface area (Å²) in [5, 5.41) is 7.87. The normalized spacial score (nSPS) is 17.1. The van der Waals surface area contributed by atoms with E-state index >= 15 is 0 Å². The number of imide groups is 1. The number of carbonyl (C=O) groups excluding carboxylic acids is 5. The number of thioether (sulfide) groups is 1. The summed E-state index contributed by atoms with van der Waals surface area (Å²) in [6, 6.07) is 6.23. The second-order valence-electron chi connectivity index (χ2n) is 12.0. The molecule has 1 aliphatic rings. The Morgan fingerprint density at radius 1 is 0.930 bits per heavy atom. The Morgan fingerprint density at radius 2 is 1.58 bits per heavy atom. The molecule has 43 heavy (non-hydrogen) atoms. The van der Waals surface area contributed by atoms with Gasteiger partial charge in [0.05, 0.1) is 5.25 Å². The summed E-state index contributed by atoms with van der Waals surface area (Å²) in [6.45, 7) is 9.63. The number of amides is 5. The fourth-order valence-electron chi connectivity index (χ4n) is 5.27. The number of hydrogen-bond donors (Lipinski definition) is 3. The Labute approximate surface area is 262 Å². The molecular weight excluding hydrogens is 564 g/mol. The second-order valence-corrected chi connectivity index (χ2v) is 13.0. The number of unbranched alkanes of at least 4 members (excludes halogenated alkanes) is 3. The maximum absolute atomic E-state index is 13.0. The predicted octanol–water partition coefficient (Wildman–Crippen LogP) is 5.08. The zero-order valence-electron chi connectivity index (χ0n) is 26.9. The van der Waals surface area contributed by atoms with Crippen LogP contribution in [-0.2, 0) is 30.4 Å². The van der Waals surface area contributed by atoms with Crippen molar-refractivity contribution in [2.45, 2.75) is 116 Å². The Kier molecular flexibility index (Phi) is 15.8. The van der Waals surface area contributed by atoms with Crippen molar-refractivity contribution in [2.24, 2.45) is 11.8 Å². The van der Waals surface area contributed by atoms with Gasteiger partial charge in [-0.2, -0.15) is 11.8 Å². The van der Waals surface area contributed by atoms with E-state index < -0.39 is 29.1 Å². The average Bonchev–Trinajstić information content (AvgIpc) is 3.25. The lowest BCUT2D eigenvalue weighted by molar-refractivity contribution is -0.139. The lowest BCUT2D eigenvalue weighted by Crippen LogP contribution is -2.54. The number of hydrogen-bond acceptors (Lipinski definition) is 6. The van der Waals surface area contributed by atoms with Crippen LogP contribution in [0.3, 0.4) is 0 Å². The van der Waals surface area contributed by atoms with Crippen LogP contribution in [0.1, 0.15) is 98.0 Å². The molecule has 1 aromatic rings. The van der Waals surface area contributed by atoms with Crippen molar-refractivity contribution in [3.63, 3.8) is 0 Å². The van der Waals surface area contributed by atoms with E-state index in [4.69, 9.17) is 0 Å². The van der Waals surface area contributed by atoms with Crippen molar-refractivity contribution < 1.29 is 24.0 Å². The van der Waals surface area contributed by atoms with Crippen LogP contribution >= 0.6 is 11.8 Å². The van der Waals surface area contributed by atoms with Crippen LogP contribution in [0, 0.1) is 11.8 Å².